The number of amides is 2. The average Bonchev–Trinajstić information content (AvgIpc) is 2.94. The maximum atomic E-state index is 13.7. The Kier molecular flexibility index (Phi) is 5.65. The summed E-state index contributed by atoms with van der Waals surface area (Å²) in [5.74, 6) is 0.264. The fourth-order valence-corrected chi connectivity index (χ4v) is 4.87. The third kappa shape index (κ3) is 3.75. The molecule has 2 aromatic rings. The van der Waals surface area contributed by atoms with Crippen LogP contribution in [0.3, 0.4) is 0 Å². The van der Waals surface area contributed by atoms with E-state index in [0.29, 0.717) is 44.4 Å². The number of anilines is 1. The van der Waals surface area contributed by atoms with E-state index in [2.05, 4.69) is 18.7 Å². The molecule has 156 valence electrons. The summed E-state index contributed by atoms with van der Waals surface area (Å²) in [6.45, 7) is 7.74. The highest BCUT2D eigenvalue weighted by Gasteiger charge is 2.44. The van der Waals surface area contributed by atoms with Crippen LogP contribution in [0.1, 0.15) is 31.4 Å². The summed E-state index contributed by atoms with van der Waals surface area (Å²) in [4.78, 5) is 30.7. The summed E-state index contributed by atoms with van der Waals surface area (Å²) >= 11 is 12.3. The first-order chi connectivity index (χ1) is 14.3. The summed E-state index contributed by atoms with van der Waals surface area (Å²) in [7, 11) is 0. The summed E-state index contributed by atoms with van der Waals surface area (Å²) in [6, 6.07) is 12.3. The van der Waals surface area contributed by atoms with Crippen LogP contribution in [0.5, 0.6) is 0 Å². The standard InChI is InChI=1S/C24H24Cl2N2O2/c1-14-10-15(2)13-27(12-14)22-21(17-5-8-18(25)9-6-17)23(29)28(24(22)30)20-11-19(26)7-4-16(20)3/h4-9,11,14-15H,10,12-13H2,1-3H3. The molecule has 0 radical (unpaired) electrons. The number of benzene rings is 2. The molecule has 0 saturated carbocycles. The van der Waals surface area contributed by atoms with Gasteiger partial charge in [-0.3, -0.25) is 9.59 Å². The van der Waals surface area contributed by atoms with Crippen LogP contribution < -0.4 is 4.90 Å². The van der Waals surface area contributed by atoms with Crippen LogP contribution in [-0.4, -0.2) is 29.8 Å². The van der Waals surface area contributed by atoms with E-state index in [4.69, 9.17) is 23.2 Å². The van der Waals surface area contributed by atoms with Crippen molar-refractivity contribution in [3.05, 3.63) is 69.3 Å². The van der Waals surface area contributed by atoms with Gasteiger partial charge in [-0.2, -0.15) is 0 Å². The number of rotatable bonds is 3. The van der Waals surface area contributed by atoms with Crippen molar-refractivity contribution in [1.82, 2.24) is 4.90 Å². The smallest absolute Gasteiger partial charge is 0.282 e. The minimum Gasteiger partial charge on any atom is -0.366 e. The Morgan fingerprint density at radius 1 is 0.867 bits per heavy atom. The lowest BCUT2D eigenvalue weighted by atomic mass is 9.91. The first-order valence-electron chi connectivity index (χ1n) is 10.2. The van der Waals surface area contributed by atoms with Gasteiger partial charge in [-0.1, -0.05) is 55.2 Å². The molecule has 0 aromatic heterocycles. The van der Waals surface area contributed by atoms with Crippen molar-refractivity contribution in [1.29, 1.82) is 0 Å². The van der Waals surface area contributed by atoms with E-state index < -0.39 is 0 Å². The van der Waals surface area contributed by atoms with Crippen molar-refractivity contribution in [3.63, 3.8) is 0 Å². The van der Waals surface area contributed by atoms with Gasteiger partial charge in [-0.15, -0.1) is 0 Å². The van der Waals surface area contributed by atoms with Crippen molar-refractivity contribution < 1.29 is 9.59 Å². The van der Waals surface area contributed by atoms with Crippen LogP contribution in [0.15, 0.2) is 48.2 Å². The van der Waals surface area contributed by atoms with Gasteiger partial charge < -0.3 is 4.90 Å². The van der Waals surface area contributed by atoms with Crippen LogP contribution in [-0.2, 0) is 9.59 Å². The van der Waals surface area contributed by atoms with Crippen LogP contribution in [0.2, 0.25) is 10.0 Å². The number of likely N-dealkylation sites (tertiary alicyclic amines) is 1. The number of hydrogen-bond acceptors (Lipinski definition) is 3. The Hall–Kier alpha value is -2.30. The highest BCUT2D eigenvalue weighted by molar-refractivity contribution is 6.46. The third-order valence-electron chi connectivity index (χ3n) is 5.79. The third-order valence-corrected chi connectivity index (χ3v) is 6.28. The van der Waals surface area contributed by atoms with E-state index >= 15 is 0 Å². The van der Waals surface area contributed by atoms with Gasteiger partial charge in [-0.05, 0) is 60.6 Å². The van der Waals surface area contributed by atoms with Crippen LogP contribution in [0.25, 0.3) is 5.57 Å². The van der Waals surface area contributed by atoms with E-state index in [0.717, 1.165) is 25.1 Å². The Morgan fingerprint density at radius 3 is 2.10 bits per heavy atom. The number of carbonyl (C=O) groups excluding carboxylic acids is 2. The summed E-state index contributed by atoms with van der Waals surface area (Å²) in [5, 5.41) is 1.07. The second-order valence-corrected chi connectivity index (χ2v) is 9.33. The summed E-state index contributed by atoms with van der Waals surface area (Å²) in [6.07, 6.45) is 1.11. The van der Waals surface area contributed by atoms with Crippen molar-refractivity contribution in [2.24, 2.45) is 11.8 Å². The molecular weight excluding hydrogens is 419 g/mol. The largest absolute Gasteiger partial charge is 0.366 e. The lowest BCUT2D eigenvalue weighted by Crippen LogP contribution is -2.42. The number of imide groups is 1. The Labute approximate surface area is 187 Å². The maximum Gasteiger partial charge on any atom is 0.282 e. The SMILES string of the molecule is Cc1ccc(Cl)cc1N1C(=O)C(c2ccc(Cl)cc2)=C(N2CC(C)CC(C)C2)C1=O. The molecule has 6 heteroatoms. The van der Waals surface area contributed by atoms with E-state index in [1.807, 2.05) is 13.0 Å². The first kappa shape index (κ1) is 21.0. The molecule has 2 amide bonds. The molecule has 2 atom stereocenters. The predicted octanol–water partition coefficient (Wildman–Crippen LogP) is 5.56. The van der Waals surface area contributed by atoms with Gasteiger partial charge in [0.1, 0.15) is 5.70 Å². The molecule has 2 aliphatic heterocycles. The molecule has 2 heterocycles. The van der Waals surface area contributed by atoms with Gasteiger partial charge in [0.15, 0.2) is 0 Å². The molecule has 2 aromatic carbocycles. The molecule has 4 nitrogen and oxygen atoms in total. The minimum absolute atomic E-state index is 0.295. The second kappa shape index (κ2) is 8.09. The lowest BCUT2D eigenvalue weighted by Gasteiger charge is -2.37. The zero-order valence-corrected chi connectivity index (χ0v) is 18.8. The molecule has 0 aliphatic carbocycles. The molecule has 0 bridgehead atoms. The van der Waals surface area contributed by atoms with Crippen molar-refractivity contribution in [3.8, 4) is 0 Å². The Balaban J connectivity index is 1.86. The molecule has 4 rings (SSSR count). The molecule has 1 saturated heterocycles. The fraction of sp³-hybridized carbons (Fsp3) is 0.333. The minimum atomic E-state index is -0.325. The van der Waals surface area contributed by atoms with Crippen LogP contribution in [0.4, 0.5) is 5.69 Å². The molecule has 0 spiro atoms. The first-order valence-corrected chi connectivity index (χ1v) is 10.9. The van der Waals surface area contributed by atoms with Crippen molar-refractivity contribution in [2.45, 2.75) is 27.2 Å². The van der Waals surface area contributed by atoms with Gasteiger partial charge >= 0.3 is 0 Å². The van der Waals surface area contributed by atoms with E-state index in [1.54, 1.807) is 36.4 Å². The Bertz CT molecular complexity index is 1040. The normalized spacial score (nSPS) is 22.3. The number of aryl methyl sites for hydroxylation is 1. The highest BCUT2D eigenvalue weighted by Crippen LogP contribution is 2.39. The number of nitrogens with zero attached hydrogens (tertiary/aromatic N) is 2. The molecule has 1 fully saturated rings. The van der Waals surface area contributed by atoms with E-state index in [1.165, 1.54) is 4.90 Å². The molecule has 2 unspecified atom stereocenters. The highest BCUT2D eigenvalue weighted by atomic mass is 35.5. The summed E-state index contributed by atoms with van der Waals surface area (Å²) in [5.41, 5.74) is 2.94. The fourth-order valence-electron chi connectivity index (χ4n) is 4.58. The van der Waals surface area contributed by atoms with Gasteiger partial charge in [0, 0.05) is 23.1 Å². The van der Waals surface area contributed by atoms with Crippen molar-refractivity contribution >= 4 is 46.3 Å². The predicted molar refractivity (Wildman–Crippen MR) is 122 cm³/mol. The van der Waals surface area contributed by atoms with Gasteiger partial charge in [0.2, 0.25) is 0 Å². The number of hydrogen-bond donors (Lipinski definition) is 0. The maximum absolute atomic E-state index is 13.7. The van der Waals surface area contributed by atoms with Crippen LogP contribution in [0, 0.1) is 18.8 Å². The number of halogens is 2. The van der Waals surface area contributed by atoms with Gasteiger partial charge in [-0.25, -0.2) is 4.90 Å². The topological polar surface area (TPSA) is 40.6 Å². The summed E-state index contributed by atoms with van der Waals surface area (Å²) < 4.78 is 0. The van der Waals surface area contributed by atoms with E-state index in [-0.39, 0.29) is 11.8 Å². The molecular formula is C24H24Cl2N2O2. The van der Waals surface area contributed by atoms with Crippen molar-refractivity contribution in [2.75, 3.05) is 18.0 Å². The second-order valence-electron chi connectivity index (χ2n) is 8.46. The average molecular weight is 443 g/mol. The molecule has 30 heavy (non-hydrogen) atoms. The monoisotopic (exact) mass is 442 g/mol. The lowest BCUT2D eigenvalue weighted by molar-refractivity contribution is -0.120. The van der Waals surface area contributed by atoms with Gasteiger partial charge in [0.25, 0.3) is 11.8 Å². The Morgan fingerprint density at radius 2 is 1.47 bits per heavy atom. The number of carbonyl (C=O) groups is 2. The molecule has 0 N–H and O–H groups in total. The zero-order valence-electron chi connectivity index (χ0n) is 17.3. The van der Waals surface area contributed by atoms with Gasteiger partial charge in [0.05, 0.1) is 11.3 Å². The van der Waals surface area contributed by atoms with Crippen LogP contribution >= 0.6 is 23.2 Å². The zero-order chi connectivity index (χ0) is 21.6. The quantitative estimate of drug-likeness (QED) is 0.583. The van der Waals surface area contributed by atoms with E-state index in [9.17, 15) is 9.59 Å². The molecule has 2 aliphatic rings. The number of piperidine rings is 1.